The van der Waals surface area contributed by atoms with E-state index in [4.69, 9.17) is 4.74 Å². The van der Waals surface area contributed by atoms with Crippen LogP contribution in [0.4, 0.5) is 9.18 Å². The largest absolute Gasteiger partial charge is 0.450 e. The number of likely N-dealkylation sites (tertiary alicyclic amines) is 1. The van der Waals surface area contributed by atoms with E-state index in [1.165, 1.54) is 6.07 Å². The fourth-order valence-corrected chi connectivity index (χ4v) is 3.68. The zero-order valence-electron chi connectivity index (χ0n) is 15.2. The Kier molecular flexibility index (Phi) is 6.08. The smallest absolute Gasteiger partial charge is 0.409 e. The number of hydrogen-bond acceptors (Lipinski definition) is 4. The van der Waals surface area contributed by atoms with E-state index in [0.29, 0.717) is 44.9 Å². The summed E-state index contributed by atoms with van der Waals surface area (Å²) in [6.07, 6.45) is 1.42. The molecule has 2 saturated heterocycles. The average Bonchev–Trinajstić information content (AvgIpc) is 3.11. The van der Waals surface area contributed by atoms with Crippen molar-refractivity contribution in [3.63, 3.8) is 0 Å². The van der Waals surface area contributed by atoms with Crippen LogP contribution in [-0.4, -0.2) is 72.1 Å². The molecule has 2 aliphatic rings. The van der Waals surface area contributed by atoms with Gasteiger partial charge in [-0.05, 0) is 32.4 Å². The van der Waals surface area contributed by atoms with Crippen molar-refractivity contribution in [1.29, 1.82) is 0 Å². The van der Waals surface area contributed by atoms with Crippen molar-refractivity contribution in [2.45, 2.75) is 32.4 Å². The fraction of sp³-hybridized carbons (Fsp3) is 0.579. The first-order valence-corrected chi connectivity index (χ1v) is 9.28. The maximum absolute atomic E-state index is 13.9. The van der Waals surface area contributed by atoms with E-state index in [-0.39, 0.29) is 23.9 Å². The molecule has 0 radical (unpaired) electrons. The topological polar surface area (TPSA) is 53.1 Å². The Bertz CT molecular complexity index is 647. The Balaban J connectivity index is 1.57. The van der Waals surface area contributed by atoms with Crippen LogP contribution in [0.25, 0.3) is 0 Å². The molecule has 2 fully saturated rings. The number of piperazine rings is 1. The van der Waals surface area contributed by atoms with Crippen LogP contribution in [0.1, 0.15) is 25.3 Å². The first kappa shape index (κ1) is 18.6. The summed E-state index contributed by atoms with van der Waals surface area (Å²) in [5, 5.41) is 0. The van der Waals surface area contributed by atoms with Crippen molar-refractivity contribution >= 4 is 12.0 Å². The summed E-state index contributed by atoms with van der Waals surface area (Å²) in [5.41, 5.74) is 0.624. The molecule has 2 heterocycles. The second-order valence-corrected chi connectivity index (χ2v) is 6.73. The third-order valence-corrected chi connectivity index (χ3v) is 5.10. The molecule has 1 aromatic carbocycles. The van der Waals surface area contributed by atoms with E-state index in [2.05, 4.69) is 4.90 Å². The molecule has 0 saturated carbocycles. The summed E-state index contributed by atoms with van der Waals surface area (Å²) < 4.78 is 18.9. The molecule has 6 nitrogen and oxygen atoms in total. The molecular formula is C19H26FN3O3. The van der Waals surface area contributed by atoms with Gasteiger partial charge in [0, 0.05) is 38.3 Å². The van der Waals surface area contributed by atoms with Crippen LogP contribution in [0, 0.1) is 5.82 Å². The Morgan fingerprint density at radius 1 is 1.12 bits per heavy atom. The zero-order valence-corrected chi connectivity index (χ0v) is 15.2. The SMILES string of the molecule is CCOC(=O)N1CCN(C(=O)C2CCCN2Cc2ccccc2F)CC1. The molecule has 1 unspecified atom stereocenters. The van der Waals surface area contributed by atoms with Crippen LogP contribution >= 0.6 is 0 Å². The van der Waals surface area contributed by atoms with Gasteiger partial charge < -0.3 is 14.5 Å². The highest BCUT2D eigenvalue weighted by molar-refractivity contribution is 5.82. The minimum atomic E-state index is -0.318. The summed E-state index contributed by atoms with van der Waals surface area (Å²) in [5.74, 6) is -0.143. The summed E-state index contributed by atoms with van der Waals surface area (Å²) in [6.45, 7) is 5.39. The van der Waals surface area contributed by atoms with Gasteiger partial charge in [-0.3, -0.25) is 9.69 Å². The van der Waals surface area contributed by atoms with E-state index < -0.39 is 0 Å². The maximum Gasteiger partial charge on any atom is 0.409 e. The van der Waals surface area contributed by atoms with Gasteiger partial charge in [0.15, 0.2) is 0 Å². The lowest BCUT2D eigenvalue weighted by Gasteiger charge is -2.36. The van der Waals surface area contributed by atoms with Crippen LogP contribution in [0.3, 0.4) is 0 Å². The quantitative estimate of drug-likeness (QED) is 0.822. The van der Waals surface area contributed by atoms with Crippen LogP contribution in [0.2, 0.25) is 0 Å². The molecule has 3 rings (SSSR count). The summed E-state index contributed by atoms with van der Waals surface area (Å²) in [6, 6.07) is 6.52. The van der Waals surface area contributed by atoms with Crippen molar-refractivity contribution in [1.82, 2.24) is 14.7 Å². The molecule has 26 heavy (non-hydrogen) atoms. The van der Waals surface area contributed by atoms with Gasteiger partial charge in [0.1, 0.15) is 5.82 Å². The minimum absolute atomic E-state index is 0.0855. The fourth-order valence-electron chi connectivity index (χ4n) is 3.68. The van der Waals surface area contributed by atoms with Gasteiger partial charge in [0.05, 0.1) is 12.6 Å². The van der Waals surface area contributed by atoms with E-state index in [9.17, 15) is 14.0 Å². The van der Waals surface area contributed by atoms with Crippen molar-refractivity contribution < 1.29 is 18.7 Å². The number of carbonyl (C=O) groups excluding carboxylic acids is 2. The van der Waals surface area contributed by atoms with E-state index >= 15 is 0 Å². The third kappa shape index (κ3) is 4.15. The predicted molar refractivity (Wildman–Crippen MR) is 95.0 cm³/mol. The normalized spacial score (nSPS) is 21.1. The molecular weight excluding hydrogens is 337 g/mol. The predicted octanol–water partition coefficient (Wildman–Crippen LogP) is 2.09. The van der Waals surface area contributed by atoms with E-state index in [1.807, 2.05) is 11.0 Å². The molecule has 2 aliphatic heterocycles. The van der Waals surface area contributed by atoms with E-state index in [1.54, 1.807) is 24.0 Å². The Hall–Kier alpha value is -2.15. The van der Waals surface area contributed by atoms with E-state index in [0.717, 1.165) is 19.4 Å². The zero-order chi connectivity index (χ0) is 18.5. The van der Waals surface area contributed by atoms with Gasteiger partial charge in [-0.25, -0.2) is 9.18 Å². The minimum Gasteiger partial charge on any atom is -0.450 e. The molecule has 1 aromatic rings. The molecule has 2 amide bonds. The Morgan fingerprint density at radius 2 is 1.81 bits per heavy atom. The summed E-state index contributed by atoms with van der Waals surface area (Å²) in [7, 11) is 0. The van der Waals surface area contributed by atoms with Crippen LogP contribution in [0.15, 0.2) is 24.3 Å². The molecule has 0 bridgehead atoms. The highest BCUT2D eigenvalue weighted by Crippen LogP contribution is 2.23. The first-order chi connectivity index (χ1) is 12.6. The summed E-state index contributed by atoms with van der Waals surface area (Å²) in [4.78, 5) is 30.2. The number of hydrogen-bond donors (Lipinski definition) is 0. The van der Waals surface area contributed by atoms with Crippen molar-refractivity contribution in [2.75, 3.05) is 39.3 Å². The number of amides is 2. The van der Waals surface area contributed by atoms with Gasteiger partial charge in [0.25, 0.3) is 0 Å². The van der Waals surface area contributed by atoms with Crippen molar-refractivity contribution in [3.05, 3.63) is 35.6 Å². The number of rotatable bonds is 4. The van der Waals surface area contributed by atoms with Gasteiger partial charge >= 0.3 is 6.09 Å². The lowest BCUT2D eigenvalue weighted by Crippen LogP contribution is -2.54. The highest BCUT2D eigenvalue weighted by Gasteiger charge is 2.35. The number of ether oxygens (including phenoxy) is 1. The molecule has 1 atom stereocenters. The van der Waals surface area contributed by atoms with Crippen LogP contribution in [0.5, 0.6) is 0 Å². The van der Waals surface area contributed by atoms with Gasteiger partial charge in [-0.2, -0.15) is 0 Å². The van der Waals surface area contributed by atoms with Crippen molar-refractivity contribution in [2.24, 2.45) is 0 Å². The van der Waals surface area contributed by atoms with Crippen molar-refractivity contribution in [3.8, 4) is 0 Å². The average molecular weight is 363 g/mol. The van der Waals surface area contributed by atoms with Crippen LogP contribution in [-0.2, 0) is 16.1 Å². The molecule has 0 aromatic heterocycles. The number of carbonyl (C=O) groups is 2. The number of benzene rings is 1. The molecule has 0 aliphatic carbocycles. The standard InChI is InChI=1S/C19H26FN3O3/c1-2-26-19(25)22-12-10-21(11-13-22)18(24)17-8-5-9-23(17)14-15-6-3-4-7-16(15)20/h3-4,6-7,17H,2,5,8-14H2,1H3. The highest BCUT2D eigenvalue weighted by atomic mass is 19.1. The Labute approximate surface area is 153 Å². The molecule has 0 N–H and O–H groups in total. The molecule has 7 heteroatoms. The second kappa shape index (κ2) is 8.49. The van der Waals surface area contributed by atoms with Crippen LogP contribution < -0.4 is 0 Å². The maximum atomic E-state index is 13.9. The Morgan fingerprint density at radius 3 is 2.50 bits per heavy atom. The number of halogens is 1. The molecule has 0 spiro atoms. The van der Waals surface area contributed by atoms with Gasteiger partial charge in [0.2, 0.25) is 5.91 Å². The lowest BCUT2D eigenvalue weighted by molar-refractivity contribution is -0.137. The second-order valence-electron chi connectivity index (χ2n) is 6.73. The van der Waals surface area contributed by atoms with Gasteiger partial charge in [-0.1, -0.05) is 18.2 Å². The monoisotopic (exact) mass is 363 g/mol. The summed E-state index contributed by atoms with van der Waals surface area (Å²) >= 11 is 0. The van der Waals surface area contributed by atoms with Gasteiger partial charge in [-0.15, -0.1) is 0 Å². The lowest BCUT2D eigenvalue weighted by atomic mass is 10.1. The first-order valence-electron chi connectivity index (χ1n) is 9.28. The number of nitrogens with zero attached hydrogens (tertiary/aromatic N) is 3. The third-order valence-electron chi connectivity index (χ3n) is 5.10. The molecule has 142 valence electrons.